The molecule has 3 aromatic carbocycles. The van der Waals surface area contributed by atoms with Gasteiger partial charge >= 0.3 is 0 Å². The Balaban J connectivity index is 2.61. The van der Waals surface area contributed by atoms with Gasteiger partial charge in [0.15, 0.2) is 4.75 Å². The third-order valence-corrected chi connectivity index (χ3v) is 7.30. The zero-order chi connectivity index (χ0) is 21.6. The van der Waals surface area contributed by atoms with Gasteiger partial charge in [-0.25, -0.2) is 0 Å². The van der Waals surface area contributed by atoms with Crippen molar-refractivity contribution in [2.45, 2.75) is 4.75 Å². The SMILES string of the molecule is O=S(=O)(O)C(c1ccc(O)cc1)(c1cc(Cl)ccc1Cl)c1ccc(O)c(Cl)c1Cl. The van der Waals surface area contributed by atoms with E-state index in [1.807, 2.05) is 0 Å². The molecule has 0 aromatic heterocycles. The van der Waals surface area contributed by atoms with E-state index in [1.165, 1.54) is 48.5 Å². The first kappa shape index (κ1) is 22.0. The maximum atomic E-state index is 13.0. The van der Waals surface area contributed by atoms with Gasteiger partial charge in [-0.1, -0.05) is 64.6 Å². The van der Waals surface area contributed by atoms with Gasteiger partial charge in [-0.3, -0.25) is 4.55 Å². The lowest BCUT2D eigenvalue weighted by Gasteiger charge is -2.34. The first-order valence-corrected chi connectivity index (χ1v) is 10.8. The molecule has 0 radical (unpaired) electrons. The second-order valence-electron chi connectivity index (χ2n) is 6.09. The normalized spacial score (nSPS) is 13.8. The second kappa shape index (κ2) is 7.87. The molecule has 0 aliphatic rings. The average Bonchev–Trinajstić information content (AvgIpc) is 2.65. The Labute approximate surface area is 186 Å². The van der Waals surface area contributed by atoms with Crippen molar-refractivity contribution in [1.82, 2.24) is 0 Å². The quantitative estimate of drug-likeness (QED) is 0.311. The third kappa shape index (κ3) is 3.65. The Morgan fingerprint density at radius 1 is 0.759 bits per heavy atom. The second-order valence-corrected chi connectivity index (χ2v) is 9.25. The fraction of sp³-hybridized carbons (Fsp3) is 0.0526. The fourth-order valence-electron chi connectivity index (χ4n) is 3.16. The van der Waals surface area contributed by atoms with E-state index in [4.69, 9.17) is 46.4 Å². The molecule has 0 heterocycles. The van der Waals surface area contributed by atoms with Gasteiger partial charge in [-0.05, 0) is 42.0 Å². The number of rotatable bonds is 4. The molecule has 1 atom stereocenters. The lowest BCUT2D eigenvalue weighted by Crippen LogP contribution is -2.39. The van der Waals surface area contributed by atoms with Gasteiger partial charge in [0.1, 0.15) is 16.5 Å². The van der Waals surface area contributed by atoms with E-state index in [1.54, 1.807) is 0 Å². The molecule has 29 heavy (non-hydrogen) atoms. The molecule has 10 heteroatoms. The van der Waals surface area contributed by atoms with Gasteiger partial charge in [0.2, 0.25) is 0 Å². The van der Waals surface area contributed by atoms with Crippen LogP contribution in [0, 0.1) is 0 Å². The maximum absolute atomic E-state index is 13.0. The van der Waals surface area contributed by atoms with E-state index in [0.29, 0.717) is 0 Å². The Kier molecular flexibility index (Phi) is 5.98. The van der Waals surface area contributed by atoms with Gasteiger partial charge in [0.05, 0.1) is 5.02 Å². The first-order valence-electron chi connectivity index (χ1n) is 7.89. The fourth-order valence-corrected chi connectivity index (χ4v) is 5.50. The molecule has 0 spiro atoms. The topological polar surface area (TPSA) is 94.8 Å². The minimum Gasteiger partial charge on any atom is -0.508 e. The van der Waals surface area contributed by atoms with Crippen molar-refractivity contribution in [3.8, 4) is 11.5 Å². The zero-order valence-electron chi connectivity index (χ0n) is 14.3. The van der Waals surface area contributed by atoms with Crippen LogP contribution in [0.4, 0.5) is 0 Å². The summed E-state index contributed by atoms with van der Waals surface area (Å²) in [6.45, 7) is 0. The van der Waals surface area contributed by atoms with E-state index in [0.717, 1.165) is 6.07 Å². The first-order chi connectivity index (χ1) is 13.5. The van der Waals surface area contributed by atoms with E-state index < -0.39 is 14.9 Å². The number of phenolic OH excluding ortho intramolecular Hbond substituents is 2. The van der Waals surface area contributed by atoms with Gasteiger partial charge < -0.3 is 10.2 Å². The molecule has 0 aliphatic heterocycles. The van der Waals surface area contributed by atoms with E-state index >= 15 is 0 Å². The Bertz CT molecular complexity index is 1200. The standard InChI is InChI=1S/C19H12Cl4O5S/c20-11-3-7-15(21)14(9-11)19(29(26,27)28,10-1-4-12(24)5-2-10)13-6-8-16(25)18(23)17(13)22/h1-9,24-25H,(H,26,27,28). The van der Waals surface area contributed by atoms with Crippen LogP contribution in [-0.4, -0.2) is 23.2 Å². The lowest BCUT2D eigenvalue weighted by atomic mass is 9.83. The molecular weight excluding hydrogens is 482 g/mol. The molecule has 0 bridgehead atoms. The summed E-state index contributed by atoms with van der Waals surface area (Å²) >= 11 is 24.8. The minimum absolute atomic E-state index is 0.00521. The van der Waals surface area contributed by atoms with Crippen LogP contribution in [0.2, 0.25) is 20.1 Å². The summed E-state index contributed by atoms with van der Waals surface area (Å²) in [7, 11) is -5.04. The molecule has 0 saturated carbocycles. The third-order valence-electron chi connectivity index (χ3n) is 4.41. The highest BCUT2D eigenvalue weighted by molar-refractivity contribution is 7.87. The summed E-state index contributed by atoms with van der Waals surface area (Å²) in [6, 6.07) is 11.5. The van der Waals surface area contributed by atoms with Crippen LogP contribution < -0.4 is 0 Å². The summed E-state index contributed by atoms with van der Waals surface area (Å²) in [5.74, 6) is -0.516. The number of benzene rings is 3. The van der Waals surface area contributed by atoms with Crippen molar-refractivity contribution < 1.29 is 23.2 Å². The molecule has 0 fully saturated rings. The van der Waals surface area contributed by atoms with Gasteiger partial charge in [0.25, 0.3) is 10.1 Å². The van der Waals surface area contributed by atoms with Crippen LogP contribution in [0.5, 0.6) is 11.5 Å². The Hall–Kier alpha value is -1.67. The molecule has 3 N–H and O–H groups in total. The average molecular weight is 494 g/mol. The molecule has 1 unspecified atom stereocenters. The minimum atomic E-state index is -5.04. The van der Waals surface area contributed by atoms with E-state index in [-0.39, 0.29) is 48.3 Å². The molecular formula is C19H12Cl4O5S. The molecule has 0 amide bonds. The summed E-state index contributed by atoms with van der Waals surface area (Å²) in [6.07, 6.45) is 0. The highest BCUT2D eigenvalue weighted by Gasteiger charge is 2.51. The number of halogens is 4. The predicted octanol–water partition coefficient (Wildman–Crippen LogP) is 5.89. The van der Waals surface area contributed by atoms with Crippen molar-refractivity contribution in [2.24, 2.45) is 0 Å². The largest absolute Gasteiger partial charge is 0.508 e. The smallest absolute Gasteiger partial charge is 0.283 e. The van der Waals surface area contributed by atoms with Crippen LogP contribution in [0.3, 0.4) is 0 Å². The van der Waals surface area contributed by atoms with Crippen LogP contribution >= 0.6 is 46.4 Å². The summed E-state index contributed by atoms with van der Waals surface area (Å²) in [4.78, 5) is 0. The summed E-state index contributed by atoms with van der Waals surface area (Å²) in [5.41, 5.74) is -0.256. The number of hydrogen-bond donors (Lipinski definition) is 3. The van der Waals surface area contributed by atoms with Crippen molar-refractivity contribution >= 4 is 56.5 Å². The molecule has 5 nitrogen and oxygen atoms in total. The van der Waals surface area contributed by atoms with Crippen LogP contribution in [0.25, 0.3) is 0 Å². The Morgan fingerprint density at radius 2 is 1.38 bits per heavy atom. The summed E-state index contributed by atoms with van der Waals surface area (Å²) < 4.78 is 34.1. The zero-order valence-corrected chi connectivity index (χ0v) is 18.1. The molecule has 152 valence electrons. The van der Waals surface area contributed by atoms with Crippen LogP contribution in [0.1, 0.15) is 16.7 Å². The van der Waals surface area contributed by atoms with Gasteiger partial charge in [0, 0.05) is 21.2 Å². The Morgan fingerprint density at radius 3 is 1.97 bits per heavy atom. The maximum Gasteiger partial charge on any atom is 0.283 e. The van der Waals surface area contributed by atoms with Crippen LogP contribution in [0.15, 0.2) is 54.6 Å². The molecule has 0 saturated heterocycles. The summed E-state index contributed by atoms with van der Waals surface area (Å²) in [5, 5.41) is 19.0. The number of phenols is 2. The van der Waals surface area contributed by atoms with Crippen LogP contribution in [-0.2, 0) is 14.9 Å². The monoisotopic (exact) mass is 492 g/mol. The number of hydrogen-bond acceptors (Lipinski definition) is 4. The highest BCUT2D eigenvalue weighted by atomic mass is 35.5. The highest BCUT2D eigenvalue weighted by Crippen LogP contribution is 2.51. The molecule has 0 aliphatic carbocycles. The van der Waals surface area contributed by atoms with Crippen molar-refractivity contribution in [3.63, 3.8) is 0 Å². The predicted molar refractivity (Wildman–Crippen MR) is 114 cm³/mol. The van der Waals surface area contributed by atoms with E-state index in [2.05, 4.69) is 0 Å². The molecule has 3 aromatic rings. The lowest BCUT2D eigenvalue weighted by molar-refractivity contribution is 0.456. The van der Waals surface area contributed by atoms with E-state index in [9.17, 15) is 23.2 Å². The van der Waals surface area contributed by atoms with Gasteiger partial charge in [-0.15, -0.1) is 0 Å². The van der Waals surface area contributed by atoms with Gasteiger partial charge in [-0.2, -0.15) is 8.42 Å². The molecule has 3 rings (SSSR count). The van der Waals surface area contributed by atoms with Crippen molar-refractivity contribution in [3.05, 3.63) is 91.4 Å². The van der Waals surface area contributed by atoms with Crippen molar-refractivity contribution in [1.29, 1.82) is 0 Å². The number of aromatic hydroxyl groups is 2. The van der Waals surface area contributed by atoms with Crippen molar-refractivity contribution in [2.75, 3.05) is 0 Å².